The minimum absolute atomic E-state index is 0.123. The molecule has 118 valence electrons. The maximum absolute atomic E-state index is 12.1. The van der Waals surface area contributed by atoms with Crippen LogP contribution in [-0.4, -0.2) is 36.3 Å². The third-order valence-electron chi connectivity index (χ3n) is 3.53. The van der Waals surface area contributed by atoms with Crippen molar-refractivity contribution in [3.8, 4) is 11.5 Å². The van der Waals surface area contributed by atoms with Crippen LogP contribution in [0.15, 0.2) is 42.5 Å². The standard InChI is InChI=1S/C16H16BNO5/c19-8-7-18-16(20)13-3-1-2-4-15(13)23-12-5-6-14-11(9-12)10-22-17(14)21/h1-6,9,19,21H,7-8,10H2,(H,18,20). The minimum Gasteiger partial charge on any atom is -0.457 e. The average Bonchev–Trinajstić information content (AvgIpc) is 2.94. The topological polar surface area (TPSA) is 88.0 Å². The van der Waals surface area contributed by atoms with Gasteiger partial charge in [-0.3, -0.25) is 4.79 Å². The second kappa shape index (κ2) is 6.83. The number of rotatable bonds is 5. The molecule has 0 radical (unpaired) electrons. The Morgan fingerprint density at radius 3 is 2.96 bits per heavy atom. The van der Waals surface area contributed by atoms with Crippen LogP contribution in [0.4, 0.5) is 0 Å². The van der Waals surface area contributed by atoms with Gasteiger partial charge in [0.15, 0.2) is 0 Å². The van der Waals surface area contributed by atoms with E-state index in [-0.39, 0.29) is 19.1 Å². The van der Waals surface area contributed by atoms with Gasteiger partial charge in [-0.15, -0.1) is 0 Å². The summed E-state index contributed by atoms with van der Waals surface area (Å²) in [6.45, 7) is 0.384. The van der Waals surface area contributed by atoms with Crippen molar-refractivity contribution in [3.05, 3.63) is 53.6 Å². The van der Waals surface area contributed by atoms with Gasteiger partial charge < -0.3 is 24.8 Å². The highest BCUT2D eigenvalue weighted by Crippen LogP contribution is 2.26. The van der Waals surface area contributed by atoms with Crippen LogP contribution in [0.5, 0.6) is 11.5 Å². The maximum atomic E-state index is 12.1. The minimum atomic E-state index is -0.893. The number of para-hydroxylation sites is 1. The Bertz CT molecular complexity index is 721. The quantitative estimate of drug-likeness (QED) is 0.696. The number of hydrogen-bond donors (Lipinski definition) is 3. The smallest absolute Gasteiger partial charge is 0.457 e. The van der Waals surface area contributed by atoms with E-state index in [1.807, 2.05) is 0 Å². The molecule has 0 aromatic heterocycles. The number of ether oxygens (including phenoxy) is 1. The molecule has 0 fully saturated rings. The molecule has 0 aliphatic carbocycles. The van der Waals surface area contributed by atoms with Gasteiger partial charge in [-0.05, 0) is 35.3 Å². The number of carbonyl (C=O) groups is 1. The molecule has 23 heavy (non-hydrogen) atoms. The van der Waals surface area contributed by atoms with E-state index < -0.39 is 7.12 Å². The van der Waals surface area contributed by atoms with Crippen LogP contribution in [0, 0.1) is 0 Å². The molecule has 0 saturated heterocycles. The van der Waals surface area contributed by atoms with Crippen LogP contribution < -0.4 is 15.5 Å². The summed E-state index contributed by atoms with van der Waals surface area (Å²) in [5, 5.41) is 21.0. The van der Waals surface area contributed by atoms with Gasteiger partial charge in [0.25, 0.3) is 5.91 Å². The monoisotopic (exact) mass is 313 g/mol. The first-order chi connectivity index (χ1) is 11.2. The lowest BCUT2D eigenvalue weighted by Crippen LogP contribution is -2.27. The van der Waals surface area contributed by atoms with Crippen LogP contribution in [0.3, 0.4) is 0 Å². The summed E-state index contributed by atoms with van der Waals surface area (Å²) < 4.78 is 11.0. The Labute approximate surface area is 133 Å². The third-order valence-corrected chi connectivity index (χ3v) is 3.53. The molecule has 2 aromatic carbocycles. The molecule has 1 aliphatic rings. The maximum Gasteiger partial charge on any atom is 0.491 e. The molecule has 0 spiro atoms. The lowest BCUT2D eigenvalue weighted by Gasteiger charge is -2.12. The Kier molecular flexibility index (Phi) is 4.61. The molecular formula is C16H16BNO5. The van der Waals surface area contributed by atoms with Gasteiger partial charge >= 0.3 is 7.12 Å². The van der Waals surface area contributed by atoms with E-state index in [0.717, 1.165) is 11.0 Å². The third kappa shape index (κ3) is 3.37. The summed E-state index contributed by atoms with van der Waals surface area (Å²) in [4.78, 5) is 12.1. The SMILES string of the molecule is O=C(NCCO)c1ccccc1Oc1ccc2c(c1)COB2O. The number of aliphatic hydroxyl groups excluding tert-OH is 1. The van der Waals surface area contributed by atoms with Crippen LogP contribution >= 0.6 is 0 Å². The molecular weight excluding hydrogens is 297 g/mol. The molecule has 1 amide bonds. The van der Waals surface area contributed by atoms with Gasteiger partial charge in [0, 0.05) is 6.54 Å². The summed E-state index contributed by atoms with van der Waals surface area (Å²) in [5.74, 6) is 0.667. The second-order valence-corrected chi connectivity index (χ2v) is 5.10. The molecule has 0 saturated carbocycles. The number of aliphatic hydroxyl groups is 1. The van der Waals surface area contributed by atoms with E-state index in [0.29, 0.717) is 23.7 Å². The van der Waals surface area contributed by atoms with Crippen LogP contribution in [0.1, 0.15) is 15.9 Å². The summed E-state index contributed by atoms with van der Waals surface area (Å²) in [6, 6.07) is 12.1. The van der Waals surface area contributed by atoms with Gasteiger partial charge in [-0.2, -0.15) is 0 Å². The van der Waals surface area contributed by atoms with E-state index in [1.54, 1.807) is 42.5 Å². The molecule has 1 heterocycles. The van der Waals surface area contributed by atoms with E-state index in [4.69, 9.17) is 14.5 Å². The van der Waals surface area contributed by atoms with Gasteiger partial charge in [0.05, 0.1) is 18.8 Å². The van der Waals surface area contributed by atoms with Crippen molar-refractivity contribution in [2.75, 3.05) is 13.2 Å². The van der Waals surface area contributed by atoms with Gasteiger partial charge in [-0.1, -0.05) is 18.2 Å². The first kappa shape index (κ1) is 15.5. The number of amides is 1. The Hall–Kier alpha value is -2.35. The normalized spacial score (nSPS) is 12.9. The van der Waals surface area contributed by atoms with Crippen molar-refractivity contribution >= 4 is 18.5 Å². The largest absolute Gasteiger partial charge is 0.491 e. The molecule has 6 nitrogen and oxygen atoms in total. The fraction of sp³-hybridized carbons (Fsp3) is 0.188. The highest BCUT2D eigenvalue weighted by molar-refractivity contribution is 6.61. The molecule has 0 bridgehead atoms. The Morgan fingerprint density at radius 2 is 2.13 bits per heavy atom. The fourth-order valence-corrected chi connectivity index (χ4v) is 2.40. The van der Waals surface area contributed by atoms with E-state index >= 15 is 0 Å². The Morgan fingerprint density at radius 1 is 1.30 bits per heavy atom. The molecule has 3 rings (SSSR count). The fourth-order valence-electron chi connectivity index (χ4n) is 2.40. The number of nitrogens with one attached hydrogen (secondary N) is 1. The zero-order valence-corrected chi connectivity index (χ0v) is 12.4. The van der Waals surface area contributed by atoms with Gasteiger partial charge in [0.1, 0.15) is 11.5 Å². The van der Waals surface area contributed by atoms with Crippen molar-refractivity contribution in [3.63, 3.8) is 0 Å². The van der Waals surface area contributed by atoms with Crippen molar-refractivity contribution in [1.82, 2.24) is 5.32 Å². The molecule has 0 unspecified atom stereocenters. The van der Waals surface area contributed by atoms with Crippen LogP contribution in [-0.2, 0) is 11.3 Å². The highest BCUT2D eigenvalue weighted by atomic mass is 16.5. The van der Waals surface area contributed by atoms with Crippen LogP contribution in [0.2, 0.25) is 0 Å². The van der Waals surface area contributed by atoms with E-state index in [2.05, 4.69) is 5.32 Å². The summed E-state index contributed by atoms with van der Waals surface area (Å²) in [6.07, 6.45) is 0. The molecule has 2 aromatic rings. The van der Waals surface area contributed by atoms with Crippen molar-refractivity contribution < 1.29 is 24.3 Å². The molecule has 0 atom stereocenters. The van der Waals surface area contributed by atoms with Crippen molar-refractivity contribution in [2.45, 2.75) is 6.61 Å². The van der Waals surface area contributed by atoms with Crippen molar-refractivity contribution in [2.24, 2.45) is 0 Å². The summed E-state index contributed by atoms with van der Waals surface area (Å²) >= 11 is 0. The summed E-state index contributed by atoms with van der Waals surface area (Å²) in [5.41, 5.74) is 1.97. The lowest BCUT2D eigenvalue weighted by molar-refractivity contribution is 0.0942. The number of benzene rings is 2. The number of fused-ring (bicyclic) bond motifs is 1. The molecule has 7 heteroatoms. The van der Waals surface area contributed by atoms with Gasteiger partial charge in [0.2, 0.25) is 0 Å². The van der Waals surface area contributed by atoms with Crippen LogP contribution in [0.25, 0.3) is 0 Å². The summed E-state index contributed by atoms with van der Waals surface area (Å²) in [7, 11) is -0.893. The van der Waals surface area contributed by atoms with E-state index in [9.17, 15) is 9.82 Å². The second-order valence-electron chi connectivity index (χ2n) is 5.10. The van der Waals surface area contributed by atoms with Gasteiger partial charge in [-0.25, -0.2) is 0 Å². The number of hydrogen-bond acceptors (Lipinski definition) is 5. The van der Waals surface area contributed by atoms with E-state index in [1.165, 1.54) is 0 Å². The zero-order valence-electron chi connectivity index (χ0n) is 12.4. The zero-order chi connectivity index (χ0) is 16.2. The van der Waals surface area contributed by atoms with Crippen molar-refractivity contribution in [1.29, 1.82) is 0 Å². The predicted molar refractivity (Wildman–Crippen MR) is 84.8 cm³/mol. The average molecular weight is 313 g/mol. The predicted octanol–water partition coefficient (Wildman–Crippen LogP) is 0.419. The first-order valence-electron chi connectivity index (χ1n) is 7.27. The number of carbonyl (C=O) groups excluding carboxylic acids is 1. The molecule has 3 N–H and O–H groups in total. The highest BCUT2D eigenvalue weighted by Gasteiger charge is 2.27. The molecule has 1 aliphatic heterocycles. The lowest BCUT2D eigenvalue weighted by atomic mass is 9.80. The first-order valence-corrected chi connectivity index (χ1v) is 7.27. The Balaban J connectivity index is 1.82.